The van der Waals surface area contributed by atoms with Crippen molar-refractivity contribution in [2.24, 2.45) is 0 Å². The van der Waals surface area contributed by atoms with Crippen LogP contribution in [0.3, 0.4) is 0 Å². The van der Waals surface area contributed by atoms with Gasteiger partial charge in [-0.2, -0.15) is 0 Å². The summed E-state index contributed by atoms with van der Waals surface area (Å²) in [5.74, 6) is -0.261. The Morgan fingerprint density at radius 3 is 2.12 bits per heavy atom. The van der Waals surface area contributed by atoms with Gasteiger partial charge in [-0.25, -0.2) is 0 Å². The van der Waals surface area contributed by atoms with Gasteiger partial charge in [-0.15, -0.1) is 11.3 Å². The molecule has 0 bridgehead atoms. The zero-order chi connectivity index (χ0) is 18.0. The molecule has 2 amide bonds. The van der Waals surface area contributed by atoms with E-state index in [0.717, 1.165) is 11.3 Å². The van der Waals surface area contributed by atoms with Crippen molar-refractivity contribution < 1.29 is 14.5 Å². The Morgan fingerprint density at radius 1 is 1.04 bits per heavy atom. The summed E-state index contributed by atoms with van der Waals surface area (Å²) < 4.78 is 0. The molecule has 0 unspecified atom stereocenters. The van der Waals surface area contributed by atoms with Crippen molar-refractivity contribution in [3.8, 4) is 0 Å². The lowest BCUT2D eigenvalue weighted by atomic mass is 10.2. The van der Waals surface area contributed by atoms with Gasteiger partial charge >= 0.3 is 0 Å². The first kappa shape index (κ1) is 17.1. The summed E-state index contributed by atoms with van der Waals surface area (Å²) in [7, 11) is 0. The van der Waals surface area contributed by atoms with Gasteiger partial charge in [0.2, 0.25) is 0 Å². The zero-order valence-electron chi connectivity index (χ0n) is 13.7. The van der Waals surface area contributed by atoms with Gasteiger partial charge in [-0.1, -0.05) is 18.2 Å². The molecule has 0 spiro atoms. The van der Waals surface area contributed by atoms with E-state index in [4.69, 9.17) is 0 Å². The zero-order valence-corrected chi connectivity index (χ0v) is 14.5. The molecule has 2 aromatic rings. The average molecular weight is 359 g/mol. The maximum Gasteiger partial charge on any atom is 0.283 e. The Kier molecular flexibility index (Phi) is 4.80. The van der Waals surface area contributed by atoms with E-state index >= 15 is 0 Å². The molecule has 8 heteroatoms. The number of carbonyl (C=O) groups excluding carboxylic acids is 2. The van der Waals surface area contributed by atoms with E-state index in [2.05, 4.69) is 0 Å². The average Bonchev–Trinajstić information content (AvgIpc) is 3.03. The van der Waals surface area contributed by atoms with Crippen molar-refractivity contribution in [3.05, 3.63) is 61.8 Å². The van der Waals surface area contributed by atoms with E-state index < -0.39 is 4.92 Å². The van der Waals surface area contributed by atoms with Crippen LogP contribution in [0, 0.1) is 17.0 Å². The maximum atomic E-state index is 12.5. The van der Waals surface area contributed by atoms with Crippen molar-refractivity contribution >= 4 is 28.8 Å². The Morgan fingerprint density at radius 2 is 1.60 bits per heavy atom. The Hall–Kier alpha value is -2.74. The topological polar surface area (TPSA) is 83.8 Å². The normalized spacial score (nSPS) is 14.4. The summed E-state index contributed by atoms with van der Waals surface area (Å²) in [6, 6.07) is 10.4. The van der Waals surface area contributed by atoms with Crippen LogP contribution >= 0.6 is 11.3 Å². The molecule has 0 aliphatic carbocycles. The molecular weight excluding hydrogens is 342 g/mol. The summed E-state index contributed by atoms with van der Waals surface area (Å²) in [6.07, 6.45) is 0. The van der Waals surface area contributed by atoms with Gasteiger partial charge in [0, 0.05) is 37.8 Å². The van der Waals surface area contributed by atoms with Gasteiger partial charge in [0.25, 0.3) is 17.5 Å². The third kappa shape index (κ3) is 3.53. The van der Waals surface area contributed by atoms with Crippen LogP contribution in [0.1, 0.15) is 24.9 Å². The third-order valence-electron chi connectivity index (χ3n) is 4.17. The van der Waals surface area contributed by atoms with Crippen LogP contribution in [-0.2, 0) is 0 Å². The van der Waals surface area contributed by atoms with Crippen LogP contribution in [0.4, 0.5) is 5.69 Å². The molecule has 2 heterocycles. The van der Waals surface area contributed by atoms with Crippen molar-refractivity contribution in [1.82, 2.24) is 9.80 Å². The number of benzene rings is 1. The molecule has 1 aliphatic rings. The molecule has 130 valence electrons. The predicted molar refractivity (Wildman–Crippen MR) is 94.0 cm³/mol. The van der Waals surface area contributed by atoms with Gasteiger partial charge in [-0.3, -0.25) is 19.7 Å². The SMILES string of the molecule is Cc1sc(C(=O)N2CCN(C(=O)c3ccccc3)CC2)cc1[N+](=O)[O-]. The van der Waals surface area contributed by atoms with Gasteiger partial charge in [-0.05, 0) is 19.1 Å². The minimum atomic E-state index is -0.473. The van der Waals surface area contributed by atoms with Crippen molar-refractivity contribution in [3.63, 3.8) is 0 Å². The minimum Gasteiger partial charge on any atom is -0.335 e. The Labute approximate surface area is 148 Å². The molecule has 0 N–H and O–H groups in total. The maximum absolute atomic E-state index is 12.5. The smallest absolute Gasteiger partial charge is 0.283 e. The van der Waals surface area contributed by atoms with Crippen LogP contribution in [0.25, 0.3) is 0 Å². The highest BCUT2D eigenvalue weighted by Crippen LogP contribution is 2.29. The largest absolute Gasteiger partial charge is 0.335 e. The molecule has 1 aromatic carbocycles. The molecule has 0 atom stereocenters. The monoisotopic (exact) mass is 359 g/mol. The van der Waals surface area contributed by atoms with E-state index in [-0.39, 0.29) is 17.5 Å². The molecule has 1 aromatic heterocycles. The van der Waals surface area contributed by atoms with E-state index in [9.17, 15) is 19.7 Å². The molecule has 3 rings (SSSR count). The number of amides is 2. The Bertz CT molecular complexity index is 811. The quantitative estimate of drug-likeness (QED) is 0.623. The van der Waals surface area contributed by atoms with Crippen LogP contribution in [0.15, 0.2) is 36.4 Å². The van der Waals surface area contributed by atoms with Crippen molar-refractivity contribution in [2.75, 3.05) is 26.2 Å². The van der Waals surface area contributed by atoms with Crippen molar-refractivity contribution in [2.45, 2.75) is 6.92 Å². The standard InChI is InChI=1S/C17H17N3O4S/c1-12-14(20(23)24)11-15(25-12)17(22)19-9-7-18(8-10-19)16(21)13-5-3-2-4-6-13/h2-6,11H,7-10H2,1H3. The van der Waals surface area contributed by atoms with E-state index in [1.807, 2.05) is 18.2 Å². The second-order valence-electron chi connectivity index (χ2n) is 5.76. The number of piperazine rings is 1. The summed E-state index contributed by atoms with van der Waals surface area (Å²) >= 11 is 1.13. The van der Waals surface area contributed by atoms with Crippen LogP contribution in [0.5, 0.6) is 0 Å². The van der Waals surface area contributed by atoms with E-state index in [0.29, 0.717) is 41.5 Å². The number of nitrogens with zero attached hydrogens (tertiary/aromatic N) is 3. The van der Waals surface area contributed by atoms with Crippen LogP contribution < -0.4 is 0 Å². The fourth-order valence-corrected chi connectivity index (χ4v) is 3.75. The fraction of sp³-hybridized carbons (Fsp3) is 0.294. The first-order valence-electron chi connectivity index (χ1n) is 7.86. The van der Waals surface area contributed by atoms with Crippen LogP contribution in [-0.4, -0.2) is 52.7 Å². The highest BCUT2D eigenvalue weighted by molar-refractivity contribution is 7.14. The van der Waals surface area contributed by atoms with Crippen molar-refractivity contribution in [1.29, 1.82) is 0 Å². The molecule has 1 fully saturated rings. The van der Waals surface area contributed by atoms with Gasteiger partial charge in [0.15, 0.2) is 0 Å². The minimum absolute atomic E-state index is 0.0220. The summed E-state index contributed by atoms with van der Waals surface area (Å²) in [6.45, 7) is 3.37. The first-order chi connectivity index (χ1) is 12.0. The second-order valence-corrected chi connectivity index (χ2v) is 7.02. The molecule has 1 aliphatic heterocycles. The molecule has 0 radical (unpaired) electrons. The molecule has 0 saturated carbocycles. The lowest BCUT2D eigenvalue weighted by Crippen LogP contribution is -2.50. The highest BCUT2D eigenvalue weighted by Gasteiger charge is 2.28. The van der Waals surface area contributed by atoms with E-state index in [1.165, 1.54) is 6.07 Å². The number of nitro groups is 1. The van der Waals surface area contributed by atoms with Gasteiger partial charge in [0.1, 0.15) is 0 Å². The molecule has 25 heavy (non-hydrogen) atoms. The third-order valence-corrected chi connectivity index (χ3v) is 5.20. The number of hydrogen-bond acceptors (Lipinski definition) is 5. The van der Waals surface area contributed by atoms with Crippen LogP contribution in [0.2, 0.25) is 0 Å². The Balaban J connectivity index is 1.64. The number of thiophene rings is 1. The lowest BCUT2D eigenvalue weighted by molar-refractivity contribution is -0.385. The summed E-state index contributed by atoms with van der Waals surface area (Å²) in [4.78, 5) is 39.7. The predicted octanol–water partition coefficient (Wildman–Crippen LogP) is 2.56. The summed E-state index contributed by atoms with van der Waals surface area (Å²) in [5.41, 5.74) is 0.609. The molecule has 1 saturated heterocycles. The fourth-order valence-electron chi connectivity index (χ4n) is 2.79. The lowest BCUT2D eigenvalue weighted by Gasteiger charge is -2.34. The first-order valence-corrected chi connectivity index (χ1v) is 8.67. The van der Waals surface area contributed by atoms with Gasteiger partial charge in [0.05, 0.1) is 14.7 Å². The number of carbonyl (C=O) groups is 2. The molecular formula is C17H17N3O4S. The second kappa shape index (κ2) is 7.02. The number of hydrogen-bond donors (Lipinski definition) is 0. The van der Waals surface area contributed by atoms with Gasteiger partial charge < -0.3 is 9.80 Å². The van der Waals surface area contributed by atoms with E-state index in [1.54, 1.807) is 28.9 Å². The molecule has 7 nitrogen and oxygen atoms in total. The number of rotatable bonds is 3. The summed E-state index contributed by atoms with van der Waals surface area (Å²) in [5, 5.41) is 10.9. The highest BCUT2D eigenvalue weighted by atomic mass is 32.1. The number of aryl methyl sites for hydroxylation is 1.